The smallest absolute Gasteiger partial charge is 0.267 e. The van der Waals surface area contributed by atoms with E-state index in [0.29, 0.717) is 21.3 Å². The number of amides is 1. The Labute approximate surface area is 136 Å². The van der Waals surface area contributed by atoms with Crippen LogP contribution in [0.1, 0.15) is 20.9 Å². The second kappa shape index (κ2) is 5.59. The molecule has 0 saturated carbocycles. The lowest BCUT2D eigenvalue weighted by Gasteiger charge is -2.04. The SMILES string of the molecule is Cc1cc2c(N)c(C(=O)Nc3ccc(Cl)cc3)sc2nc1C. The molecule has 0 aliphatic carbocycles. The van der Waals surface area contributed by atoms with Crippen LogP contribution in [-0.2, 0) is 0 Å². The van der Waals surface area contributed by atoms with Crippen LogP contribution in [0.2, 0.25) is 5.02 Å². The zero-order valence-corrected chi connectivity index (χ0v) is 13.7. The Kier molecular flexibility index (Phi) is 3.76. The van der Waals surface area contributed by atoms with Crippen molar-refractivity contribution in [2.24, 2.45) is 0 Å². The van der Waals surface area contributed by atoms with Gasteiger partial charge in [-0.3, -0.25) is 4.79 Å². The van der Waals surface area contributed by atoms with Crippen LogP contribution in [0.5, 0.6) is 0 Å². The van der Waals surface area contributed by atoms with Crippen LogP contribution in [0.3, 0.4) is 0 Å². The molecule has 112 valence electrons. The number of carbonyl (C=O) groups excluding carboxylic acids is 1. The van der Waals surface area contributed by atoms with E-state index in [1.165, 1.54) is 11.3 Å². The topological polar surface area (TPSA) is 68.0 Å². The van der Waals surface area contributed by atoms with Gasteiger partial charge in [0.25, 0.3) is 5.91 Å². The van der Waals surface area contributed by atoms with E-state index in [9.17, 15) is 4.79 Å². The molecule has 0 radical (unpaired) electrons. The summed E-state index contributed by atoms with van der Waals surface area (Å²) in [6.07, 6.45) is 0. The summed E-state index contributed by atoms with van der Waals surface area (Å²) in [6, 6.07) is 8.91. The second-order valence-electron chi connectivity index (χ2n) is 5.05. The van der Waals surface area contributed by atoms with Crippen LogP contribution in [0.4, 0.5) is 11.4 Å². The van der Waals surface area contributed by atoms with Crippen LogP contribution in [0, 0.1) is 13.8 Å². The van der Waals surface area contributed by atoms with Gasteiger partial charge in [-0.25, -0.2) is 4.98 Å². The maximum Gasteiger partial charge on any atom is 0.267 e. The van der Waals surface area contributed by atoms with Gasteiger partial charge >= 0.3 is 0 Å². The van der Waals surface area contributed by atoms with E-state index in [4.69, 9.17) is 17.3 Å². The van der Waals surface area contributed by atoms with Gasteiger partial charge in [-0.05, 0) is 49.7 Å². The third-order valence-electron chi connectivity index (χ3n) is 3.47. The van der Waals surface area contributed by atoms with Crippen LogP contribution in [0.15, 0.2) is 30.3 Å². The molecule has 1 amide bonds. The third-order valence-corrected chi connectivity index (χ3v) is 4.84. The molecule has 0 unspecified atom stereocenters. The monoisotopic (exact) mass is 331 g/mol. The van der Waals surface area contributed by atoms with Gasteiger partial charge in [-0.2, -0.15) is 0 Å². The molecule has 2 heterocycles. The highest BCUT2D eigenvalue weighted by molar-refractivity contribution is 7.21. The summed E-state index contributed by atoms with van der Waals surface area (Å²) in [5.74, 6) is -0.238. The molecule has 3 N–H and O–H groups in total. The quantitative estimate of drug-likeness (QED) is 0.731. The van der Waals surface area contributed by atoms with Gasteiger partial charge in [-0.15, -0.1) is 11.3 Å². The van der Waals surface area contributed by atoms with Gasteiger partial charge in [0.15, 0.2) is 0 Å². The molecule has 3 aromatic rings. The van der Waals surface area contributed by atoms with Crippen LogP contribution < -0.4 is 11.1 Å². The van der Waals surface area contributed by atoms with E-state index in [2.05, 4.69) is 10.3 Å². The number of carbonyl (C=O) groups is 1. The molecule has 4 nitrogen and oxygen atoms in total. The standard InChI is InChI=1S/C16H14ClN3OS/c1-8-7-12-13(18)14(22-16(12)19-9(8)2)15(21)20-11-5-3-10(17)4-6-11/h3-7H,18H2,1-2H3,(H,20,21). The van der Waals surface area contributed by atoms with Crippen molar-refractivity contribution in [1.29, 1.82) is 0 Å². The van der Waals surface area contributed by atoms with Gasteiger partial charge in [-0.1, -0.05) is 11.6 Å². The van der Waals surface area contributed by atoms with Crippen molar-refractivity contribution in [1.82, 2.24) is 4.98 Å². The van der Waals surface area contributed by atoms with E-state index in [-0.39, 0.29) is 5.91 Å². The lowest BCUT2D eigenvalue weighted by molar-refractivity contribution is 0.103. The summed E-state index contributed by atoms with van der Waals surface area (Å²) in [7, 11) is 0. The normalized spacial score (nSPS) is 10.9. The number of hydrogen-bond donors (Lipinski definition) is 2. The van der Waals surface area contributed by atoms with Gasteiger partial charge in [0.05, 0.1) is 5.69 Å². The molecule has 1 aromatic carbocycles. The molecule has 3 rings (SSSR count). The maximum atomic E-state index is 12.4. The minimum atomic E-state index is -0.238. The molecule has 0 fully saturated rings. The predicted molar refractivity (Wildman–Crippen MR) is 92.9 cm³/mol. The summed E-state index contributed by atoms with van der Waals surface area (Å²) >= 11 is 7.14. The number of benzene rings is 1. The number of halogens is 1. The third kappa shape index (κ3) is 2.65. The number of thiophene rings is 1. The minimum Gasteiger partial charge on any atom is -0.397 e. The fraction of sp³-hybridized carbons (Fsp3) is 0.125. The molecule has 22 heavy (non-hydrogen) atoms. The number of nitrogens with one attached hydrogen (secondary N) is 1. The van der Waals surface area contributed by atoms with Crippen molar-refractivity contribution in [3.05, 3.63) is 51.5 Å². The molecular weight excluding hydrogens is 318 g/mol. The summed E-state index contributed by atoms with van der Waals surface area (Å²) in [6.45, 7) is 3.92. The molecule has 0 aliphatic rings. The maximum absolute atomic E-state index is 12.4. The highest BCUT2D eigenvalue weighted by Crippen LogP contribution is 2.34. The Hall–Kier alpha value is -2.11. The van der Waals surface area contributed by atoms with Crippen LogP contribution >= 0.6 is 22.9 Å². The summed E-state index contributed by atoms with van der Waals surface area (Å²) in [5, 5.41) is 4.27. The Balaban J connectivity index is 1.97. The van der Waals surface area contributed by atoms with Crippen molar-refractivity contribution in [2.75, 3.05) is 11.1 Å². The fourth-order valence-corrected chi connectivity index (χ4v) is 3.26. The number of anilines is 2. The number of nitrogens with two attached hydrogens (primary N) is 1. The zero-order valence-electron chi connectivity index (χ0n) is 12.1. The largest absolute Gasteiger partial charge is 0.397 e. The zero-order chi connectivity index (χ0) is 15.9. The second-order valence-corrected chi connectivity index (χ2v) is 6.48. The summed E-state index contributed by atoms with van der Waals surface area (Å²) in [5.41, 5.74) is 9.27. The van der Waals surface area contributed by atoms with E-state index < -0.39 is 0 Å². The highest BCUT2D eigenvalue weighted by atomic mass is 35.5. The molecule has 0 bridgehead atoms. The van der Waals surface area contributed by atoms with Gasteiger partial charge in [0.2, 0.25) is 0 Å². The molecule has 6 heteroatoms. The first-order chi connectivity index (χ1) is 10.5. The Morgan fingerprint density at radius 2 is 1.95 bits per heavy atom. The highest BCUT2D eigenvalue weighted by Gasteiger charge is 2.18. The van der Waals surface area contributed by atoms with E-state index in [1.807, 2.05) is 19.9 Å². The molecule has 2 aromatic heterocycles. The number of nitrogens with zero attached hydrogens (tertiary/aromatic N) is 1. The van der Waals surface area contributed by atoms with Crippen molar-refractivity contribution < 1.29 is 4.79 Å². The van der Waals surface area contributed by atoms with Crippen molar-refractivity contribution >= 4 is 50.4 Å². The Morgan fingerprint density at radius 3 is 2.64 bits per heavy atom. The van der Waals surface area contributed by atoms with Crippen molar-refractivity contribution in [2.45, 2.75) is 13.8 Å². The number of aromatic nitrogens is 1. The lowest BCUT2D eigenvalue weighted by atomic mass is 10.1. The molecule has 0 spiro atoms. The Morgan fingerprint density at radius 1 is 1.27 bits per heavy atom. The first-order valence-corrected chi connectivity index (χ1v) is 7.88. The van der Waals surface area contributed by atoms with E-state index >= 15 is 0 Å². The van der Waals surface area contributed by atoms with E-state index in [1.54, 1.807) is 24.3 Å². The number of fused-ring (bicyclic) bond motifs is 1. The first kappa shape index (κ1) is 14.8. The predicted octanol–water partition coefficient (Wildman–Crippen LogP) is 4.40. The van der Waals surface area contributed by atoms with Crippen LogP contribution in [-0.4, -0.2) is 10.9 Å². The summed E-state index contributed by atoms with van der Waals surface area (Å²) < 4.78 is 0. The number of aryl methyl sites for hydroxylation is 2. The minimum absolute atomic E-state index is 0.238. The lowest BCUT2D eigenvalue weighted by Crippen LogP contribution is -2.11. The van der Waals surface area contributed by atoms with Gasteiger partial charge in [0, 0.05) is 21.8 Å². The number of nitrogen functional groups attached to an aromatic ring is 1. The number of pyridine rings is 1. The van der Waals surface area contributed by atoms with Crippen LogP contribution in [0.25, 0.3) is 10.2 Å². The molecule has 0 atom stereocenters. The fourth-order valence-electron chi connectivity index (χ4n) is 2.12. The number of rotatable bonds is 2. The van der Waals surface area contributed by atoms with E-state index in [0.717, 1.165) is 21.5 Å². The Bertz CT molecular complexity index is 871. The van der Waals surface area contributed by atoms with Crippen molar-refractivity contribution in [3.8, 4) is 0 Å². The molecule has 0 saturated heterocycles. The average molecular weight is 332 g/mol. The van der Waals surface area contributed by atoms with Gasteiger partial charge < -0.3 is 11.1 Å². The summed E-state index contributed by atoms with van der Waals surface area (Å²) in [4.78, 5) is 18.2. The van der Waals surface area contributed by atoms with Crippen molar-refractivity contribution in [3.63, 3.8) is 0 Å². The molecular formula is C16H14ClN3OS. The average Bonchev–Trinajstić information content (AvgIpc) is 2.79. The first-order valence-electron chi connectivity index (χ1n) is 6.69. The van der Waals surface area contributed by atoms with Gasteiger partial charge in [0.1, 0.15) is 9.71 Å². The molecule has 0 aliphatic heterocycles. The number of hydrogen-bond acceptors (Lipinski definition) is 4.